The second-order valence-corrected chi connectivity index (χ2v) is 7.95. The summed E-state index contributed by atoms with van der Waals surface area (Å²) in [6.07, 6.45) is 1.56. The van der Waals surface area contributed by atoms with Crippen molar-refractivity contribution in [2.45, 2.75) is 24.1 Å². The Balaban J connectivity index is 0.00000288. The standard InChI is InChI=1S/C14H19N3O5S.ClH/c1-23(21,22)14(6-8-15-9-7-14)13(18)16-10-11-2-4-12(5-3-11)17(19)20;/h2-5,15H,6-10H2,1H3,(H,16,18);1H. The molecule has 1 aliphatic heterocycles. The first-order chi connectivity index (χ1) is 10.8. The number of rotatable bonds is 5. The van der Waals surface area contributed by atoms with E-state index < -0.39 is 25.4 Å². The van der Waals surface area contributed by atoms with E-state index in [-0.39, 0.29) is 37.5 Å². The van der Waals surface area contributed by atoms with Crippen LogP contribution in [0, 0.1) is 10.1 Å². The fourth-order valence-corrected chi connectivity index (χ4v) is 4.03. The summed E-state index contributed by atoms with van der Waals surface area (Å²) < 4.78 is 22.8. The summed E-state index contributed by atoms with van der Waals surface area (Å²) in [6, 6.07) is 5.76. The molecule has 1 aromatic rings. The minimum absolute atomic E-state index is 0. The molecule has 1 heterocycles. The maximum atomic E-state index is 12.5. The smallest absolute Gasteiger partial charge is 0.269 e. The highest BCUT2D eigenvalue weighted by molar-refractivity contribution is 7.92. The van der Waals surface area contributed by atoms with E-state index in [4.69, 9.17) is 0 Å². The Morgan fingerprint density at radius 2 is 1.83 bits per heavy atom. The van der Waals surface area contributed by atoms with Crippen molar-refractivity contribution in [3.8, 4) is 0 Å². The molecule has 2 N–H and O–H groups in total. The molecule has 1 saturated heterocycles. The number of sulfone groups is 1. The van der Waals surface area contributed by atoms with Gasteiger partial charge in [-0.05, 0) is 31.5 Å². The lowest BCUT2D eigenvalue weighted by Crippen LogP contribution is -2.57. The monoisotopic (exact) mass is 377 g/mol. The van der Waals surface area contributed by atoms with Gasteiger partial charge in [-0.25, -0.2) is 8.42 Å². The van der Waals surface area contributed by atoms with E-state index in [1.165, 1.54) is 24.3 Å². The Hall–Kier alpha value is -1.71. The van der Waals surface area contributed by atoms with Crippen LogP contribution in [0.1, 0.15) is 18.4 Å². The van der Waals surface area contributed by atoms with E-state index in [9.17, 15) is 23.3 Å². The third-order valence-corrected chi connectivity index (χ3v) is 6.15. The van der Waals surface area contributed by atoms with Crippen LogP contribution in [0.2, 0.25) is 0 Å². The Morgan fingerprint density at radius 1 is 1.29 bits per heavy atom. The van der Waals surface area contributed by atoms with E-state index in [1.807, 2.05) is 0 Å². The molecular weight excluding hydrogens is 358 g/mol. The second kappa shape index (κ2) is 7.91. The molecule has 1 amide bonds. The SMILES string of the molecule is CS(=O)(=O)C1(C(=O)NCc2ccc([N+](=O)[O-])cc2)CCNCC1.Cl. The molecule has 0 unspecified atom stereocenters. The van der Waals surface area contributed by atoms with Crippen molar-refractivity contribution in [3.05, 3.63) is 39.9 Å². The minimum Gasteiger partial charge on any atom is -0.351 e. The lowest BCUT2D eigenvalue weighted by Gasteiger charge is -2.34. The van der Waals surface area contributed by atoms with E-state index in [1.54, 1.807) is 0 Å². The number of carbonyl (C=O) groups is 1. The van der Waals surface area contributed by atoms with Gasteiger partial charge in [0.2, 0.25) is 5.91 Å². The summed E-state index contributed by atoms with van der Waals surface area (Å²) in [7, 11) is -3.55. The van der Waals surface area contributed by atoms with Gasteiger partial charge in [-0.1, -0.05) is 12.1 Å². The molecule has 2 rings (SSSR count). The molecule has 24 heavy (non-hydrogen) atoms. The second-order valence-electron chi connectivity index (χ2n) is 5.62. The molecular formula is C14H20ClN3O5S. The number of nitrogens with one attached hydrogen (secondary N) is 2. The first-order valence-corrected chi connectivity index (χ1v) is 9.07. The number of nitro benzene ring substituents is 1. The van der Waals surface area contributed by atoms with Crippen molar-refractivity contribution in [1.29, 1.82) is 0 Å². The van der Waals surface area contributed by atoms with E-state index in [0.717, 1.165) is 6.26 Å². The number of carbonyl (C=O) groups excluding carboxylic acids is 1. The highest BCUT2D eigenvalue weighted by Gasteiger charge is 2.48. The molecule has 10 heteroatoms. The molecule has 1 aliphatic rings. The van der Waals surface area contributed by atoms with Gasteiger partial charge in [0, 0.05) is 24.9 Å². The summed E-state index contributed by atoms with van der Waals surface area (Å²) in [4.78, 5) is 22.6. The van der Waals surface area contributed by atoms with Gasteiger partial charge in [-0.2, -0.15) is 0 Å². The Morgan fingerprint density at radius 3 is 2.29 bits per heavy atom. The number of nitrogens with zero attached hydrogens (tertiary/aromatic N) is 1. The van der Waals surface area contributed by atoms with Gasteiger partial charge in [0.15, 0.2) is 14.6 Å². The lowest BCUT2D eigenvalue weighted by atomic mass is 9.95. The highest BCUT2D eigenvalue weighted by Crippen LogP contribution is 2.28. The topological polar surface area (TPSA) is 118 Å². The van der Waals surface area contributed by atoms with Crippen molar-refractivity contribution in [2.75, 3.05) is 19.3 Å². The van der Waals surface area contributed by atoms with Crippen LogP contribution in [0.15, 0.2) is 24.3 Å². The zero-order valence-corrected chi connectivity index (χ0v) is 14.8. The summed E-state index contributed by atoms with van der Waals surface area (Å²) in [5.74, 6) is -0.514. The van der Waals surface area contributed by atoms with Crippen LogP contribution in [0.5, 0.6) is 0 Å². The number of hydrogen-bond donors (Lipinski definition) is 2. The molecule has 0 atom stereocenters. The normalized spacial score (nSPS) is 16.7. The van der Waals surface area contributed by atoms with Gasteiger partial charge < -0.3 is 10.6 Å². The van der Waals surface area contributed by atoms with E-state index in [2.05, 4.69) is 10.6 Å². The van der Waals surface area contributed by atoms with Gasteiger partial charge in [0.1, 0.15) is 0 Å². The van der Waals surface area contributed by atoms with Crippen molar-refractivity contribution in [3.63, 3.8) is 0 Å². The molecule has 0 spiro atoms. The Labute approximate surface area is 146 Å². The van der Waals surface area contributed by atoms with Crippen molar-refractivity contribution in [2.24, 2.45) is 0 Å². The molecule has 0 bridgehead atoms. The van der Waals surface area contributed by atoms with Gasteiger partial charge in [-0.3, -0.25) is 14.9 Å². The number of nitro groups is 1. The predicted octanol–water partition coefficient (Wildman–Crippen LogP) is 0.800. The third kappa shape index (κ3) is 4.22. The first-order valence-electron chi connectivity index (χ1n) is 7.18. The number of amides is 1. The number of non-ortho nitro benzene ring substituents is 1. The largest absolute Gasteiger partial charge is 0.351 e. The fraction of sp³-hybridized carbons (Fsp3) is 0.500. The fourth-order valence-electron chi connectivity index (χ4n) is 2.68. The molecule has 0 radical (unpaired) electrons. The first kappa shape index (κ1) is 20.3. The van der Waals surface area contributed by atoms with E-state index >= 15 is 0 Å². The molecule has 8 nitrogen and oxygen atoms in total. The molecule has 0 aliphatic carbocycles. The van der Waals surface area contributed by atoms with Gasteiger partial charge in [-0.15, -0.1) is 12.4 Å². The third-order valence-electron chi connectivity index (χ3n) is 4.14. The van der Waals surface area contributed by atoms with Gasteiger partial charge >= 0.3 is 0 Å². The number of halogens is 1. The van der Waals surface area contributed by atoms with Crippen LogP contribution in [-0.4, -0.2) is 43.3 Å². The zero-order valence-electron chi connectivity index (χ0n) is 13.1. The molecule has 0 aromatic heterocycles. The summed E-state index contributed by atoms with van der Waals surface area (Å²) >= 11 is 0. The molecule has 0 saturated carbocycles. The van der Waals surface area contributed by atoms with Crippen LogP contribution in [0.25, 0.3) is 0 Å². The van der Waals surface area contributed by atoms with Gasteiger partial charge in [0.25, 0.3) is 5.69 Å². The number of benzene rings is 1. The van der Waals surface area contributed by atoms with Crippen LogP contribution >= 0.6 is 12.4 Å². The summed E-state index contributed by atoms with van der Waals surface area (Å²) in [5.41, 5.74) is 0.632. The maximum absolute atomic E-state index is 12.5. The van der Waals surface area contributed by atoms with Crippen LogP contribution < -0.4 is 10.6 Å². The highest BCUT2D eigenvalue weighted by atomic mass is 35.5. The van der Waals surface area contributed by atoms with Crippen LogP contribution in [0.3, 0.4) is 0 Å². The number of piperidine rings is 1. The predicted molar refractivity (Wildman–Crippen MR) is 91.9 cm³/mol. The summed E-state index contributed by atoms with van der Waals surface area (Å²) in [6.45, 7) is 1.07. The quantitative estimate of drug-likeness (QED) is 0.578. The van der Waals surface area contributed by atoms with Crippen molar-refractivity contribution in [1.82, 2.24) is 10.6 Å². The van der Waals surface area contributed by atoms with Crippen molar-refractivity contribution >= 4 is 33.8 Å². The molecule has 134 valence electrons. The van der Waals surface area contributed by atoms with E-state index in [0.29, 0.717) is 18.7 Å². The van der Waals surface area contributed by atoms with Crippen molar-refractivity contribution < 1.29 is 18.1 Å². The lowest BCUT2D eigenvalue weighted by molar-refractivity contribution is -0.384. The van der Waals surface area contributed by atoms with Crippen LogP contribution in [0.4, 0.5) is 5.69 Å². The van der Waals surface area contributed by atoms with Crippen LogP contribution in [-0.2, 0) is 21.2 Å². The summed E-state index contributed by atoms with van der Waals surface area (Å²) in [5, 5.41) is 16.3. The molecule has 1 aromatic carbocycles. The van der Waals surface area contributed by atoms with Gasteiger partial charge in [0.05, 0.1) is 4.92 Å². The average molecular weight is 378 g/mol. The Kier molecular flexibility index (Phi) is 6.70. The average Bonchev–Trinajstić information content (AvgIpc) is 2.52. The zero-order chi connectivity index (χ0) is 17.1. The maximum Gasteiger partial charge on any atom is 0.269 e. The number of hydrogen-bond acceptors (Lipinski definition) is 6. The Bertz CT molecular complexity index is 700. The molecule has 1 fully saturated rings. The minimum atomic E-state index is -3.55.